The van der Waals surface area contributed by atoms with Crippen molar-refractivity contribution in [2.75, 3.05) is 0 Å². The molecular formula is C18H26BrNO. The predicted molar refractivity (Wildman–Crippen MR) is 91.5 cm³/mol. The number of carbonyl (C=O) groups is 1. The van der Waals surface area contributed by atoms with Crippen LogP contribution in [0.25, 0.3) is 0 Å². The van der Waals surface area contributed by atoms with Gasteiger partial charge in [0.05, 0.1) is 5.56 Å². The topological polar surface area (TPSA) is 29.1 Å². The largest absolute Gasteiger partial charge is 0.349 e. The Labute approximate surface area is 136 Å². The summed E-state index contributed by atoms with van der Waals surface area (Å²) in [6.45, 7) is 8.88. The summed E-state index contributed by atoms with van der Waals surface area (Å²) in [5.74, 6) is 0.599. The fourth-order valence-corrected chi connectivity index (χ4v) is 4.06. The fraction of sp³-hybridized carbons (Fsp3) is 0.611. The highest BCUT2D eigenvalue weighted by molar-refractivity contribution is 9.10. The normalized spacial score (nSPS) is 22.9. The maximum Gasteiger partial charge on any atom is 0.252 e. The molecule has 0 bridgehead atoms. The van der Waals surface area contributed by atoms with Gasteiger partial charge in [-0.2, -0.15) is 0 Å². The molecule has 2 rings (SSSR count). The molecule has 21 heavy (non-hydrogen) atoms. The van der Waals surface area contributed by atoms with Crippen molar-refractivity contribution >= 4 is 21.8 Å². The van der Waals surface area contributed by atoms with E-state index in [1.807, 2.05) is 25.1 Å². The van der Waals surface area contributed by atoms with Crippen LogP contribution in [0, 0.1) is 18.3 Å². The van der Waals surface area contributed by atoms with E-state index in [1.54, 1.807) is 0 Å². The zero-order valence-electron chi connectivity index (χ0n) is 13.5. The van der Waals surface area contributed by atoms with Gasteiger partial charge in [-0.3, -0.25) is 4.79 Å². The molecule has 2 unspecified atom stereocenters. The van der Waals surface area contributed by atoms with Gasteiger partial charge in [-0.15, -0.1) is 0 Å². The van der Waals surface area contributed by atoms with Gasteiger partial charge < -0.3 is 5.32 Å². The van der Waals surface area contributed by atoms with E-state index >= 15 is 0 Å². The third-order valence-corrected chi connectivity index (χ3v) is 5.22. The van der Waals surface area contributed by atoms with Crippen LogP contribution in [0.4, 0.5) is 0 Å². The Morgan fingerprint density at radius 1 is 1.24 bits per heavy atom. The van der Waals surface area contributed by atoms with Crippen LogP contribution in [0.5, 0.6) is 0 Å². The highest BCUT2D eigenvalue weighted by Gasteiger charge is 2.35. The van der Waals surface area contributed by atoms with Gasteiger partial charge in [-0.1, -0.05) is 39.7 Å². The average molecular weight is 352 g/mol. The molecule has 2 atom stereocenters. The van der Waals surface area contributed by atoms with Crippen molar-refractivity contribution in [2.24, 2.45) is 11.3 Å². The van der Waals surface area contributed by atoms with E-state index in [9.17, 15) is 4.79 Å². The van der Waals surface area contributed by atoms with E-state index in [2.05, 4.69) is 42.0 Å². The molecule has 1 saturated carbocycles. The molecule has 1 fully saturated rings. The van der Waals surface area contributed by atoms with Crippen molar-refractivity contribution in [3.05, 3.63) is 33.8 Å². The first kappa shape index (κ1) is 16.5. The van der Waals surface area contributed by atoms with Crippen molar-refractivity contribution in [2.45, 2.75) is 59.4 Å². The summed E-state index contributed by atoms with van der Waals surface area (Å²) in [5, 5.41) is 3.28. The van der Waals surface area contributed by atoms with Crippen molar-refractivity contribution in [3.63, 3.8) is 0 Å². The minimum atomic E-state index is 0.0445. The molecule has 116 valence electrons. The lowest BCUT2D eigenvalue weighted by atomic mass is 9.69. The van der Waals surface area contributed by atoms with Gasteiger partial charge >= 0.3 is 0 Å². The van der Waals surface area contributed by atoms with Crippen LogP contribution in [-0.4, -0.2) is 11.9 Å². The van der Waals surface area contributed by atoms with E-state index in [1.165, 1.54) is 19.3 Å². The Morgan fingerprint density at radius 3 is 2.52 bits per heavy atom. The van der Waals surface area contributed by atoms with E-state index in [0.29, 0.717) is 12.0 Å². The smallest absolute Gasteiger partial charge is 0.252 e. The summed E-state index contributed by atoms with van der Waals surface area (Å²) in [6, 6.07) is 6.18. The second-order valence-electron chi connectivity index (χ2n) is 7.32. The first-order chi connectivity index (χ1) is 9.79. The summed E-state index contributed by atoms with van der Waals surface area (Å²) in [6.07, 6.45) is 4.80. The molecule has 1 aromatic rings. The Morgan fingerprint density at radius 2 is 1.90 bits per heavy atom. The molecule has 1 aliphatic carbocycles. The van der Waals surface area contributed by atoms with Crippen molar-refractivity contribution in [1.82, 2.24) is 5.32 Å². The van der Waals surface area contributed by atoms with E-state index < -0.39 is 0 Å². The first-order valence-electron chi connectivity index (χ1n) is 7.86. The highest BCUT2D eigenvalue weighted by Crippen LogP contribution is 2.38. The Bertz CT molecular complexity index is 518. The average Bonchev–Trinajstić information content (AvgIpc) is 2.37. The van der Waals surface area contributed by atoms with E-state index in [0.717, 1.165) is 22.0 Å². The summed E-state index contributed by atoms with van der Waals surface area (Å²) >= 11 is 3.51. The lowest BCUT2D eigenvalue weighted by molar-refractivity contribution is 0.0829. The predicted octanol–water partition coefficient (Wildman–Crippen LogP) is 5.09. The summed E-state index contributed by atoms with van der Waals surface area (Å²) in [4.78, 5) is 12.6. The maximum atomic E-state index is 12.6. The van der Waals surface area contributed by atoms with Crippen LogP contribution >= 0.6 is 15.9 Å². The number of nitrogens with one attached hydrogen (secondary N) is 1. The Hall–Kier alpha value is -0.830. The molecule has 3 heteroatoms. The van der Waals surface area contributed by atoms with Crippen LogP contribution in [0.15, 0.2) is 22.7 Å². The molecule has 0 aliphatic heterocycles. The third-order valence-electron chi connectivity index (χ3n) is 4.56. The Balaban J connectivity index is 2.13. The molecule has 1 aromatic carbocycles. The molecule has 1 aliphatic rings. The van der Waals surface area contributed by atoms with E-state index in [4.69, 9.17) is 0 Å². The number of aryl methyl sites for hydroxylation is 1. The van der Waals surface area contributed by atoms with Crippen LogP contribution in [0.1, 0.15) is 62.4 Å². The molecule has 0 saturated heterocycles. The molecule has 0 radical (unpaired) electrons. The third kappa shape index (κ3) is 4.09. The van der Waals surface area contributed by atoms with Gasteiger partial charge in [0.1, 0.15) is 0 Å². The molecular weight excluding hydrogens is 326 g/mol. The van der Waals surface area contributed by atoms with Crippen LogP contribution in [0.2, 0.25) is 0 Å². The van der Waals surface area contributed by atoms with Gasteiger partial charge in [0.2, 0.25) is 0 Å². The van der Waals surface area contributed by atoms with Gasteiger partial charge in [-0.05, 0) is 64.7 Å². The molecule has 2 nitrogen and oxygen atoms in total. The fourth-order valence-electron chi connectivity index (χ4n) is 3.39. The van der Waals surface area contributed by atoms with Gasteiger partial charge in [-0.25, -0.2) is 0 Å². The number of benzene rings is 1. The lowest BCUT2D eigenvalue weighted by Crippen LogP contribution is -2.46. The number of hydrogen-bond acceptors (Lipinski definition) is 1. The number of amides is 1. The molecule has 1 N–H and O–H groups in total. The van der Waals surface area contributed by atoms with Gasteiger partial charge in [0, 0.05) is 10.5 Å². The first-order valence-corrected chi connectivity index (χ1v) is 8.65. The number of hydrogen-bond donors (Lipinski definition) is 1. The second kappa shape index (κ2) is 6.51. The van der Waals surface area contributed by atoms with Crippen LogP contribution in [0.3, 0.4) is 0 Å². The zero-order chi connectivity index (χ0) is 15.6. The summed E-state index contributed by atoms with van der Waals surface area (Å²) in [7, 11) is 0. The number of rotatable bonds is 2. The minimum absolute atomic E-state index is 0.0445. The highest BCUT2D eigenvalue weighted by atomic mass is 79.9. The standard InChI is InChI=1S/C18H26BrNO/c1-12-9-10-13(15(19)11-12)17(21)20-16-8-6-5-7-14(16)18(2,3)4/h9-11,14,16H,5-8H2,1-4H3,(H,20,21). The van der Waals surface area contributed by atoms with Crippen LogP contribution < -0.4 is 5.32 Å². The summed E-state index contributed by atoms with van der Waals surface area (Å²) in [5.41, 5.74) is 2.13. The van der Waals surface area contributed by atoms with Crippen molar-refractivity contribution < 1.29 is 4.79 Å². The quantitative estimate of drug-likeness (QED) is 0.789. The monoisotopic (exact) mass is 351 g/mol. The molecule has 0 spiro atoms. The van der Waals surface area contributed by atoms with Gasteiger partial charge in [0.25, 0.3) is 5.91 Å². The number of halogens is 1. The molecule has 0 aromatic heterocycles. The Kier molecular flexibility index (Phi) is 5.13. The maximum absolute atomic E-state index is 12.6. The lowest BCUT2D eigenvalue weighted by Gasteiger charge is -2.40. The molecule has 1 amide bonds. The van der Waals surface area contributed by atoms with Crippen LogP contribution in [-0.2, 0) is 0 Å². The van der Waals surface area contributed by atoms with E-state index in [-0.39, 0.29) is 11.3 Å². The van der Waals surface area contributed by atoms with Gasteiger partial charge in [0.15, 0.2) is 0 Å². The summed E-state index contributed by atoms with van der Waals surface area (Å²) < 4.78 is 0.878. The van der Waals surface area contributed by atoms with Crippen molar-refractivity contribution in [3.8, 4) is 0 Å². The molecule has 0 heterocycles. The SMILES string of the molecule is Cc1ccc(C(=O)NC2CCCCC2C(C)(C)C)c(Br)c1. The second-order valence-corrected chi connectivity index (χ2v) is 8.17. The van der Waals surface area contributed by atoms with Crippen molar-refractivity contribution in [1.29, 1.82) is 0 Å². The minimum Gasteiger partial charge on any atom is -0.349 e. The zero-order valence-corrected chi connectivity index (χ0v) is 15.1. The number of carbonyl (C=O) groups excluding carboxylic acids is 1.